The number of hydrogen-bond donors (Lipinski definition) is 2. The van der Waals surface area contributed by atoms with Gasteiger partial charge in [-0.15, -0.1) is 0 Å². The third-order valence-corrected chi connectivity index (χ3v) is 4.95. The second-order valence-corrected chi connectivity index (χ2v) is 7.58. The highest BCUT2D eigenvalue weighted by atomic mass is 16.5. The van der Waals surface area contributed by atoms with Gasteiger partial charge >= 0.3 is 5.97 Å². The maximum atomic E-state index is 11.9. The third kappa shape index (κ3) is 6.33. The van der Waals surface area contributed by atoms with Crippen molar-refractivity contribution in [1.82, 2.24) is 9.80 Å². The average Bonchev–Trinajstić information content (AvgIpc) is 2.55. The highest BCUT2D eigenvalue weighted by molar-refractivity contribution is 5.81. The molecule has 1 aliphatic rings. The van der Waals surface area contributed by atoms with Crippen molar-refractivity contribution in [1.29, 1.82) is 0 Å². The molecule has 25 heavy (non-hydrogen) atoms. The van der Waals surface area contributed by atoms with E-state index in [-0.39, 0.29) is 43.0 Å². The van der Waals surface area contributed by atoms with Crippen molar-refractivity contribution in [3.05, 3.63) is 0 Å². The fraction of sp³-hybridized carbons (Fsp3) is 0.889. The third-order valence-electron chi connectivity index (χ3n) is 4.95. The Morgan fingerprint density at radius 1 is 1.16 bits per heavy atom. The van der Waals surface area contributed by atoms with Crippen molar-refractivity contribution in [3.8, 4) is 0 Å². The Morgan fingerprint density at radius 3 is 2.16 bits per heavy atom. The standard InChI is InChI=1S/C18H34N2O5/c1-13(2)19(11-17(23)25-5)15-8-6-7-9-16(15)20(18(3,4)24)10-14(22)12-21/h13,15-16,21,24H,6-12H2,1-5H3. The number of aliphatic hydroxyl groups is 2. The first kappa shape index (κ1) is 22.0. The van der Waals surface area contributed by atoms with Gasteiger partial charge in [0.1, 0.15) is 12.3 Å². The van der Waals surface area contributed by atoms with Crippen molar-refractivity contribution < 1.29 is 24.5 Å². The van der Waals surface area contributed by atoms with E-state index in [2.05, 4.69) is 4.90 Å². The lowest BCUT2D eigenvalue weighted by Gasteiger charge is -2.49. The second kappa shape index (κ2) is 9.62. The van der Waals surface area contributed by atoms with Crippen molar-refractivity contribution >= 4 is 11.8 Å². The molecule has 7 nitrogen and oxygen atoms in total. The first-order chi connectivity index (χ1) is 11.6. The first-order valence-electron chi connectivity index (χ1n) is 9.06. The summed E-state index contributed by atoms with van der Waals surface area (Å²) < 4.78 is 4.84. The van der Waals surface area contributed by atoms with Crippen LogP contribution in [0.4, 0.5) is 0 Å². The van der Waals surface area contributed by atoms with Crippen molar-refractivity contribution in [3.63, 3.8) is 0 Å². The van der Waals surface area contributed by atoms with Gasteiger partial charge in [-0.1, -0.05) is 12.8 Å². The molecule has 0 aromatic heterocycles. The molecule has 2 unspecified atom stereocenters. The summed E-state index contributed by atoms with van der Waals surface area (Å²) in [7, 11) is 1.38. The first-order valence-corrected chi connectivity index (χ1v) is 9.06. The molecule has 0 aromatic carbocycles. The molecule has 2 atom stereocenters. The van der Waals surface area contributed by atoms with Gasteiger partial charge in [0.05, 0.1) is 20.2 Å². The normalized spacial score (nSPS) is 21.8. The number of hydrogen-bond acceptors (Lipinski definition) is 7. The van der Waals surface area contributed by atoms with E-state index >= 15 is 0 Å². The SMILES string of the molecule is COC(=O)CN(C(C)C)C1CCCCC1N(CC(=O)CO)C(C)(C)O. The van der Waals surface area contributed by atoms with E-state index in [1.807, 2.05) is 13.8 Å². The molecule has 146 valence electrons. The number of ketones is 1. The summed E-state index contributed by atoms with van der Waals surface area (Å²) in [5, 5.41) is 19.8. The minimum Gasteiger partial charge on any atom is -0.468 e. The summed E-state index contributed by atoms with van der Waals surface area (Å²) in [6, 6.07) is 0.0870. The maximum Gasteiger partial charge on any atom is 0.319 e. The fourth-order valence-electron chi connectivity index (χ4n) is 3.70. The van der Waals surface area contributed by atoms with Gasteiger partial charge < -0.3 is 14.9 Å². The number of methoxy groups -OCH3 is 1. The van der Waals surface area contributed by atoms with E-state index in [1.165, 1.54) is 7.11 Å². The van der Waals surface area contributed by atoms with Gasteiger partial charge in [-0.3, -0.25) is 19.4 Å². The molecule has 0 aliphatic heterocycles. The summed E-state index contributed by atoms with van der Waals surface area (Å²) in [6.45, 7) is 7.00. The highest BCUT2D eigenvalue weighted by Gasteiger charge is 2.41. The molecule has 1 saturated carbocycles. The molecule has 1 fully saturated rings. The molecule has 0 saturated heterocycles. The summed E-state index contributed by atoms with van der Waals surface area (Å²) in [5.74, 6) is -0.616. The topological polar surface area (TPSA) is 90.3 Å². The van der Waals surface area contributed by atoms with Gasteiger partial charge in [0.2, 0.25) is 0 Å². The maximum absolute atomic E-state index is 11.9. The molecular weight excluding hydrogens is 324 g/mol. The molecule has 1 rings (SSSR count). The predicted molar refractivity (Wildman–Crippen MR) is 95.0 cm³/mol. The molecule has 0 bridgehead atoms. The Bertz CT molecular complexity index is 447. The van der Waals surface area contributed by atoms with Gasteiger partial charge in [0, 0.05) is 18.1 Å². The van der Waals surface area contributed by atoms with Gasteiger partial charge in [0.15, 0.2) is 5.78 Å². The Hall–Kier alpha value is -1.02. The van der Waals surface area contributed by atoms with E-state index < -0.39 is 12.3 Å². The van der Waals surface area contributed by atoms with Crippen molar-refractivity contribution in [2.45, 2.75) is 77.2 Å². The lowest BCUT2D eigenvalue weighted by molar-refractivity contribution is -0.152. The monoisotopic (exact) mass is 358 g/mol. The van der Waals surface area contributed by atoms with Crippen LogP contribution < -0.4 is 0 Å². The smallest absolute Gasteiger partial charge is 0.319 e. The van der Waals surface area contributed by atoms with Crippen LogP contribution in [0.25, 0.3) is 0 Å². The molecule has 0 amide bonds. The van der Waals surface area contributed by atoms with Gasteiger partial charge in [0.25, 0.3) is 0 Å². The number of Topliss-reactive ketones (excluding diaryl/α,β-unsaturated/α-hetero) is 1. The lowest BCUT2D eigenvalue weighted by atomic mass is 9.86. The lowest BCUT2D eigenvalue weighted by Crippen LogP contribution is -2.62. The summed E-state index contributed by atoms with van der Waals surface area (Å²) in [6.07, 6.45) is 3.77. The van der Waals surface area contributed by atoms with E-state index in [1.54, 1.807) is 18.7 Å². The number of carbonyl (C=O) groups is 2. The highest BCUT2D eigenvalue weighted by Crippen LogP contribution is 2.31. The van der Waals surface area contributed by atoms with Crippen LogP contribution in [0.2, 0.25) is 0 Å². The number of esters is 1. The van der Waals surface area contributed by atoms with Crippen molar-refractivity contribution in [2.24, 2.45) is 0 Å². The zero-order valence-electron chi connectivity index (χ0n) is 16.2. The van der Waals surface area contributed by atoms with E-state index in [0.717, 1.165) is 25.7 Å². The minimum absolute atomic E-state index is 0.00861. The average molecular weight is 358 g/mol. The number of nitrogens with zero attached hydrogens (tertiary/aromatic N) is 2. The van der Waals surface area contributed by atoms with Crippen molar-refractivity contribution in [2.75, 3.05) is 26.8 Å². The van der Waals surface area contributed by atoms with Crippen LogP contribution in [-0.4, -0.2) is 82.4 Å². The van der Waals surface area contributed by atoms with Crippen LogP contribution in [0, 0.1) is 0 Å². The van der Waals surface area contributed by atoms with Crippen LogP contribution in [0.5, 0.6) is 0 Å². The zero-order valence-corrected chi connectivity index (χ0v) is 16.2. The molecule has 0 spiro atoms. The Balaban J connectivity index is 3.12. The Labute approximate surface area is 150 Å². The number of aliphatic hydroxyl groups excluding tert-OH is 1. The van der Waals surface area contributed by atoms with Gasteiger partial charge in [-0.25, -0.2) is 0 Å². The summed E-state index contributed by atoms with van der Waals surface area (Å²) in [4.78, 5) is 27.6. The number of ether oxygens (including phenoxy) is 1. The fourth-order valence-corrected chi connectivity index (χ4v) is 3.70. The molecule has 0 aromatic rings. The molecule has 2 N–H and O–H groups in total. The molecule has 7 heteroatoms. The summed E-state index contributed by atoms with van der Waals surface area (Å²) >= 11 is 0. The largest absolute Gasteiger partial charge is 0.468 e. The Kier molecular flexibility index (Phi) is 8.47. The Morgan fingerprint density at radius 2 is 1.72 bits per heavy atom. The molecule has 0 heterocycles. The van der Waals surface area contributed by atoms with E-state index in [4.69, 9.17) is 9.84 Å². The molecule has 1 aliphatic carbocycles. The van der Waals surface area contributed by atoms with Crippen LogP contribution >= 0.6 is 0 Å². The van der Waals surface area contributed by atoms with Crippen LogP contribution in [0.1, 0.15) is 53.4 Å². The van der Waals surface area contributed by atoms with Gasteiger partial charge in [-0.2, -0.15) is 0 Å². The number of carbonyl (C=O) groups excluding carboxylic acids is 2. The molecule has 0 radical (unpaired) electrons. The van der Waals surface area contributed by atoms with Gasteiger partial charge in [-0.05, 0) is 40.5 Å². The molecular formula is C18H34N2O5. The summed E-state index contributed by atoms with van der Waals surface area (Å²) in [5.41, 5.74) is -1.20. The van der Waals surface area contributed by atoms with Crippen LogP contribution in [-0.2, 0) is 14.3 Å². The van der Waals surface area contributed by atoms with E-state index in [9.17, 15) is 14.7 Å². The van der Waals surface area contributed by atoms with Crippen LogP contribution in [0.3, 0.4) is 0 Å². The predicted octanol–water partition coefficient (Wildman–Crippen LogP) is 0.773. The zero-order chi connectivity index (χ0) is 19.2. The number of rotatable bonds is 9. The van der Waals surface area contributed by atoms with E-state index in [0.29, 0.717) is 0 Å². The second-order valence-electron chi connectivity index (χ2n) is 7.58. The van der Waals surface area contributed by atoms with Crippen LogP contribution in [0.15, 0.2) is 0 Å². The quantitative estimate of drug-likeness (QED) is 0.465. The minimum atomic E-state index is -1.20.